The molecule has 0 fully saturated rings. The first-order valence-corrected chi connectivity index (χ1v) is 10.6. The van der Waals surface area contributed by atoms with Crippen molar-refractivity contribution in [1.82, 2.24) is 14.8 Å². The Bertz CT molecular complexity index is 1350. The number of carboxylic acids is 1. The van der Waals surface area contributed by atoms with Crippen molar-refractivity contribution < 1.29 is 19.4 Å². The lowest BCUT2D eigenvalue weighted by atomic mass is 10.1. The topological polar surface area (TPSA) is 109 Å². The van der Waals surface area contributed by atoms with Crippen LogP contribution in [0.1, 0.15) is 38.6 Å². The van der Waals surface area contributed by atoms with Crippen molar-refractivity contribution in [3.8, 4) is 5.75 Å². The molecule has 0 aliphatic carbocycles. The summed E-state index contributed by atoms with van der Waals surface area (Å²) in [4.78, 5) is 27.1. The number of nitrogens with one attached hydrogen (secondary N) is 2. The summed E-state index contributed by atoms with van der Waals surface area (Å²) in [5, 5.41) is 17.5. The van der Waals surface area contributed by atoms with Gasteiger partial charge in [0, 0.05) is 27.8 Å². The molecule has 2 aromatic heterocycles. The highest BCUT2D eigenvalue weighted by Gasteiger charge is 2.17. The van der Waals surface area contributed by atoms with E-state index in [9.17, 15) is 9.59 Å². The number of rotatable bonds is 7. The minimum atomic E-state index is -0.870. The van der Waals surface area contributed by atoms with Gasteiger partial charge in [-0.25, -0.2) is 0 Å². The average molecular weight is 447 g/mol. The van der Waals surface area contributed by atoms with E-state index >= 15 is 0 Å². The maximum Gasteiger partial charge on any atom is 0.307 e. The number of benzene rings is 2. The molecule has 3 N–H and O–H groups in total. The van der Waals surface area contributed by atoms with Crippen LogP contribution in [-0.2, 0) is 17.8 Å². The summed E-state index contributed by atoms with van der Waals surface area (Å²) in [7, 11) is 1.62. The van der Waals surface area contributed by atoms with E-state index in [4.69, 9.17) is 9.84 Å². The molecule has 0 saturated heterocycles. The highest BCUT2D eigenvalue weighted by Crippen LogP contribution is 2.26. The predicted molar refractivity (Wildman–Crippen MR) is 126 cm³/mol. The third-order valence-electron chi connectivity index (χ3n) is 5.90. The van der Waals surface area contributed by atoms with E-state index in [0.29, 0.717) is 17.9 Å². The Morgan fingerprint density at radius 2 is 1.85 bits per heavy atom. The number of carbonyl (C=O) groups is 2. The minimum Gasteiger partial charge on any atom is -0.497 e. The summed E-state index contributed by atoms with van der Waals surface area (Å²) in [5.74, 6) is -0.345. The second-order valence-electron chi connectivity index (χ2n) is 8.07. The quantitative estimate of drug-likeness (QED) is 0.394. The van der Waals surface area contributed by atoms with Crippen LogP contribution < -0.4 is 10.1 Å². The number of aliphatic carboxylic acids is 1. The number of aromatic nitrogens is 3. The second-order valence-corrected chi connectivity index (χ2v) is 8.07. The summed E-state index contributed by atoms with van der Waals surface area (Å²) in [6.07, 6.45) is -0.0391. The Labute approximate surface area is 191 Å². The van der Waals surface area contributed by atoms with Crippen molar-refractivity contribution >= 4 is 28.5 Å². The van der Waals surface area contributed by atoms with Crippen LogP contribution in [0.3, 0.4) is 0 Å². The number of methoxy groups -OCH3 is 1. The first kappa shape index (κ1) is 22.1. The number of H-pyrrole nitrogens is 1. The van der Waals surface area contributed by atoms with Gasteiger partial charge in [-0.2, -0.15) is 5.10 Å². The highest BCUT2D eigenvalue weighted by atomic mass is 16.5. The van der Waals surface area contributed by atoms with Crippen LogP contribution in [0.4, 0.5) is 5.69 Å². The zero-order valence-corrected chi connectivity index (χ0v) is 19.0. The van der Waals surface area contributed by atoms with Gasteiger partial charge in [0.1, 0.15) is 11.4 Å². The fourth-order valence-electron chi connectivity index (χ4n) is 4.01. The Morgan fingerprint density at radius 3 is 2.52 bits per heavy atom. The van der Waals surface area contributed by atoms with E-state index in [0.717, 1.165) is 44.7 Å². The fraction of sp³-hybridized carbons (Fsp3) is 0.240. The van der Waals surface area contributed by atoms with Crippen molar-refractivity contribution in [1.29, 1.82) is 0 Å². The molecule has 8 nitrogen and oxygen atoms in total. The fourth-order valence-corrected chi connectivity index (χ4v) is 4.01. The summed E-state index contributed by atoms with van der Waals surface area (Å²) in [5.41, 5.74) is 6.24. The minimum absolute atomic E-state index is 0.0391. The molecule has 0 unspecified atom stereocenters. The molecule has 8 heteroatoms. The Hall–Kier alpha value is -4.07. The normalized spacial score (nSPS) is 11.0. The standard InChI is InChI=1S/C25H26N4O4/c1-14-20-11-19(33-4)9-10-22(20)27-24(14)25(32)26-18-7-5-17(6-8-18)13-29-16(3)21(12-23(30)31)15(2)28-29/h5-11,27H,12-13H2,1-4H3,(H,26,32)(H,30,31). The summed E-state index contributed by atoms with van der Waals surface area (Å²) in [6.45, 7) is 6.13. The van der Waals surface area contributed by atoms with Crippen LogP contribution in [0, 0.1) is 20.8 Å². The lowest BCUT2D eigenvalue weighted by Crippen LogP contribution is -2.13. The number of aromatic amines is 1. The molecule has 1 amide bonds. The molecular formula is C25H26N4O4. The predicted octanol–water partition coefficient (Wildman–Crippen LogP) is 4.23. The number of carboxylic acid groups (broad SMARTS) is 1. The van der Waals surface area contributed by atoms with E-state index < -0.39 is 5.97 Å². The van der Waals surface area contributed by atoms with Crippen molar-refractivity contribution in [2.24, 2.45) is 0 Å². The van der Waals surface area contributed by atoms with Gasteiger partial charge >= 0.3 is 5.97 Å². The van der Waals surface area contributed by atoms with E-state index in [1.54, 1.807) is 7.11 Å². The van der Waals surface area contributed by atoms with Crippen LogP contribution in [0.5, 0.6) is 5.75 Å². The molecule has 4 aromatic rings. The number of fused-ring (bicyclic) bond motifs is 1. The molecule has 0 aliphatic heterocycles. The molecule has 4 rings (SSSR count). The molecule has 33 heavy (non-hydrogen) atoms. The van der Waals surface area contributed by atoms with Gasteiger partial charge in [0.05, 0.1) is 25.8 Å². The van der Waals surface area contributed by atoms with Gasteiger partial charge in [0.15, 0.2) is 0 Å². The third-order valence-corrected chi connectivity index (χ3v) is 5.90. The molecule has 0 bridgehead atoms. The van der Waals surface area contributed by atoms with Crippen molar-refractivity contribution in [2.45, 2.75) is 33.7 Å². The number of hydrogen-bond acceptors (Lipinski definition) is 4. The molecule has 2 heterocycles. The number of carbonyl (C=O) groups excluding carboxylic acids is 1. The number of hydrogen-bond donors (Lipinski definition) is 3. The third kappa shape index (κ3) is 4.45. The molecule has 170 valence electrons. The second kappa shape index (κ2) is 8.82. The number of aryl methyl sites for hydroxylation is 2. The van der Waals surface area contributed by atoms with Crippen LogP contribution >= 0.6 is 0 Å². The van der Waals surface area contributed by atoms with E-state index in [-0.39, 0.29) is 12.3 Å². The zero-order chi connectivity index (χ0) is 23.7. The Kier molecular flexibility index (Phi) is 5.91. The molecule has 0 aliphatic rings. The molecule has 2 aromatic carbocycles. The first-order valence-electron chi connectivity index (χ1n) is 10.6. The lowest BCUT2D eigenvalue weighted by molar-refractivity contribution is -0.136. The van der Waals surface area contributed by atoms with Gasteiger partial charge in [-0.3, -0.25) is 14.3 Å². The Balaban J connectivity index is 1.48. The molecule has 0 saturated carbocycles. The first-order chi connectivity index (χ1) is 15.8. The van der Waals surface area contributed by atoms with Gasteiger partial charge in [0.25, 0.3) is 5.91 Å². The highest BCUT2D eigenvalue weighted by molar-refractivity contribution is 6.08. The van der Waals surface area contributed by atoms with Crippen molar-refractivity contribution in [3.63, 3.8) is 0 Å². The van der Waals surface area contributed by atoms with Crippen molar-refractivity contribution in [3.05, 3.63) is 76.2 Å². The van der Waals surface area contributed by atoms with E-state index in [1.165, 1.54) is 0 Å². The molecule has 0 radical (unpaired) electrons. The van der Waals surface area contributed by atoms with Gasteiger partial charge in [0.2, 0.25) is 0 Å². The Morgan fingerprint density at radius 1 is 1.12 bits per heavy atom. The van der Waals surface area contributed by atoms with Gasteiger partial charge in [-0.15, -0.1) is 0 Å². The molecular weight excluding hydrogens is 420 g/mol. The summed E-state index contributed by atoms with van der Waals surface area (Å²) >= 11 is 0. The summed E-state index contributed by atoms with van der Waals surface area (Å²) in [6, 6.07) is 13.2. The number of ether oxygens (including phenoxy) is 1. The van der Waals surface area contributed by atoms with Crippen LogP contribution in [-0.4, -0.2) is 38.9 Å². The lowest BCUT2D eigenvalue weighted by Gasteiger charge is -2.08. The van der Waals surface area contributed by atoms with E-state index in [1.807, 2.05) is 67.9 Å². The smallest absolute Gasteiger partial charge is 0.307 e. The van der Waals surface area contributed by atoms with Crippen LogP contribution in [0.2, 0.25) is 0 Å². The van der Waals surface area contributed by atoms with Gasteiger partial charge in [-0.1, -0.05) is 12.1 Å². The van der Waals surface area contributed by atoms with Gasteiger partial charge < -0.3 is 20.1 Å². The number of anilines is 1. The largest absolute Gasteiger partial charge is 0.497 e. The molecule has 0 atom stereocenters. The monoisotopic (exact) mass is 446 g/mol. The number of amides is 1. The maximum absolute atomic E-state index is 12.9. The SMILES string of the molecule is COc1ccc2[nH]c(C(=O)Nc3ccc(Cn4nc(C)c(CC(=O)O)c4C)cc3)c(C)c2c1. The van der Waals surface area contributed by atoms with Crippen LogP contribution in [0.25, 0.3) is 10.9 Å². The maximum atomic E-state index is 12.9. The summed E-state index contributed by atoms with van der Waals surface area (Å²) < 4.78 is 7.09. The van der Waals surface area contributed by atoms with Crippen molar-refractivity contribution in [2.75, 3.05) is 12.4 Å². The van der Waals surface area contributed by atoms with Gasteiger partial charge in [-0.05, 0) is 62.2 Å². The zero-order valence-electron chi connectivity index (χ0n) is 19.0. The average Bonchev–Trinajstić information content (AvgIpc) is 3.25. The van der Waals surface area contributed by atoms with Crippen LogP contribution in [0.15, 0.2) is 42.5 Å². The number of nitrogens with zero attached hydrogens (tertiary/aromatic N) is 2. The van der Waals surface area contributed by atoms with E-state index in [2.05, 4.69) is 15.4 Å². The molecule has 0 spiro atoms.